The van der Waals surface area contributed by atoms with Crippen molar-refractivity contribution in [3.8, 4) is 0 Å². The molecule has 0 spiro atoms. The lowest BCUT2D eigenvalue weighted by atomic mass is 10.1. The van der Waals surface area contributed by atoms with E-state index >= 15 is 0 Å². The number of halogens is 1. The Bertz CT molecular complexity index is 1700. The summed E-state index contributed by atoms with van der Waals surface area (Å²) in [5.41, 5.74) is 4.63. The second kappa shape index (κ2) is 13.1. The van der Waals surface area contributed by atoms with Gasteiger partial charge in [-0.05, 0) is 65.6 Å². The van der Waals surface area contributed by atoms with E-state index in [4.69, 9.17) is 11.6 Å². The minimum absolute atomic E-state index is 0.0740. The number of benzene rings is 5. The Balaban J connectivity index is 1.43. The number of carbonyl (C=O) groups excluding carboxylic acids is 1. The quantitative estimate of drug-likeness (QED) is 0.165. The van der Waals surface area contributed by atoms with Crippen LogP contribution in [0.25, 0.3) is 0 Å². The van der Waals surface area contributed by atoms with Crippen LogP contribution in [-0.4, -0.2) is 19.2 Å². The molecule has 0 fully saturated rings. The highest BCUT2D eigenvalue weighted by molar-refractivity contribution is 7.92. The highest BCUT2D eigenvalue weighted by Crippen LogP contribution is 2.31. The van der Waals surface area contributed by atoms with Crippen LogP contribution in [-0.2, 0) is 29.7 Å². The van der Waals surface area contributed by atoms with Crippen LogP contribution < -0.4 is 4.31 Å². The molecule has 5 nitrogen and oxygen atoms in total. The van der Waals surface area contributed by atoms with Crippen molar-refractivity contribution in [2.24, 2.45) is 0 Å². The molecule has 0 atom stereocenters. The van der Waals surface area contributed by atoms with E-state index < -0.39 is 10.0 Å². The number of carbonyl (C=O) groups is 1. The summed E-state index contributed by atoms with van der Waals surface area (Å²) in [6.45, 7) is 2.86. The summed E-state index contributed by atoms with van der Waals surface area (Å²) in [6.07, 6.45) is 0. The molecule has 0 saturated carbocycles. The smallest absolute Gasteiger partial charge is 0.264 e. The lowest BCUT2D eigenvalue weighted by molar-refractivity contribution is 0.0730. The van der Waals surface area contributed by atoms with Crippen molar-refractivity contribution in [1.82, 2.24) is 4.90 Å². The average Bonchev–Trinajstić information content (AvgIpc) is 3.02. The highest BCUT2D eigenvalue weighted by Gasteiger charge is 2.27. The van der Waals surface area contributed by atoms with Crippen LogP contribution in [0.1, 0.15) is 32.6 Å². The van der Waals surface area contributed by atoms with Gasteiger partial charge in [0.25, 0.3) is 15.9 Å². The molecule has 0 saturated heterocycles. The monoisotopic (exact) mass is 594 g/mol. The molecule has 0 aromatic heterocycles. The molecule has 5 aromatic carbocycles. The molecule has 0 aliphatic heterocycles. The first-order valence-corrected chi connectivity index (χ1v) is 15.4. The number of hydrogen-bond acceptors (Lipinski definition) is 3. The first-order valence-electron chi connectivity index (χ1n) is 13.6. The molecule has 0 N–H and O–H groups in total. The molecule has 212 valence electrons. The number of anilines is 1. The largest absolute Gasteiger partial charge is 0.330 e. The van der Waals surface area contributed by atoms with Gasteiger partial charge in [0.2, 0.25) is 0 Å². The van der Waals surface area contributed by atoms with Gasteiger partial charge in [-0.25, -0.2) is 8.42 Å². The molecule has 0 aliphatic carbocycles. The molecular weight excluding hydrogens is 564 g/mol. The molecule has 5 aromatic rings. The van der Waals surface area contributed by atoms with Crippen LogP contribution in [0.4, 0.5) is 5.69 Å². The van der Waals surface area contributed by atoms with Crippen molar-refractivity contribution < 1.29 is 13.2 Å². The van der Waals surface area contributed by atoms with Crippen molar-refractivity contribution in [3.63, 3.8) is 0 Å². The standard InChI is InChI=1S/C35H31ClN2O3S/c1-27-17-22-32(36)23-34(27)38(42(40,41)33-15-9-4-10-16-33)26-30-18-20-31(21-19-30)35(39)37(24-28-11-5-2-6-12-28)25-29-13-7-3-8-14-29/h2-23H,24-26H2,1H3. The van der Waals surface area contributed by atoms with Crippen LogP contribution in [0.3, 0.4) is 0 Å². The Morgan fingerprint density at radius 1 is 0.643 bits per heavy atom. The van der Waals surface area contributed by atoms with Gasteiger partial charge in [0.05, 0.1) is 17.1 Å². The fourth-order valence-electron chi connectivity index (χ4n) is 4.78. The predicted octanol–water partition coefficient (Wildman–Crippen LogP) is 7.89. The Morgan fingerprint density at radius 3 is 1.69 bits per heavy atom. The van der Waals surface area contributed by atoms with Crippen LogP contribution >= 0.6 is 11.6 Å². The molecule has 0 heterocycles. The molecule has 0 aliphatic rings. The minimum Gasteiger partial charge on any atom is -0.330 e. The number of nitrogens with zero attached hydrogens (tertiary/aromatic N) is 2. The fraction of sp³-hybridized carbons (Fsp3) is 0.114. The normalized spacial score (nSPS) is 11.2. The van der Waals surface area contributed by atoms with Gasteiger partial charge in [-0.3, -0.25) is 9.10 Å². The Hall–Kier alpha value is -4.39. The van der Waals surface area contributed by atoms with E-state index in [1.165, 1.54) is 4.31 Å². The van der Waals surface area contributed by atoms with Gasteiger partial charge in [0.1, 0.15) is 0 Å². The molecule has 1 amide bonds. The zero-order chi connectivity index (χ0) is 29.5. The molecule has 7 heteroatoms. The molecule has 5 rings (SSSR count). The zero-order valence-corrected chi connectivity index (χ0v) is 24.8. The molecular formula is C35H31ClN2O3S. The molecule has 0 bridgehead atoms. The predicted molar refractivity (Wildman–Crippen MR) is 169 cm³/mol. The van der Waals surface area contributed by atoms with Crippen LogP contribution in [0.2, 0.25) is 5.02 Å². The van der Waals surface area contributed by atoms with Gasteiger partial charge in [0, 0.05) is 23.7 Å². The lowest BCUT2D eigenvalue weighted by Gasteiger charge is -2.27. The van der Waals surface area contributed by atoms with Gasteiger partial charge in [-0.2, -0.15) is 0 Å². The third kappa shape index (κ3) is 6.90. The summed E-state index contributed by atoms with van der Waals surface area (Å²) in [4.78, 5) is 15.7. The topological polar surface area (TPSA) is 57.7 Å². The van der Waals surface area contributed by atoms with Crippen molar-refractivity contribution in [1.29, 1.82) is 0 Å². The number of hydrogen-bond donors (Lipinski definition) is 0. The van der Waals surface area contributed by atoms with Gasteiger partial charge in [0.15, 0.2) is 0 Å². The van der Waals surface area contributed by atoms with E-state index in [-0.39, 0.29) is 17.3 Å². The summed E-state index contributed by atoms with van der Waals surface area (Å²) in [5.74, 6) is -0.103. The van der Waals surface area contributed by atoms with Crippen molar-refractivity contribution in [2.75, 3.05) is 4.31 Å². The van der Waals surface area contributed by atoms with E-state index in [1.54, 1.807) is 60.7 Å². The van der Waals surface area contributed by atoms with Crippen molar-refractivity contribution in [3.05, 3.63) is 166 Å². The molecule has 0 radical (unpaired) electrons. The highest BCUT2D eigenvalue weighted by atomic mass is 35.5. The second-order valence-electron chi connectivity index (χ2n) is 10.1. The third-order valence-electron chi connectivity index (χ3n) is 7.02. The average molecular weight is 595 g/mol. The number of amides is 1. The number of sulfonamides is 1. The summed E-state index contributed by atoms with van der Waals surface area (Å²) >= 11 is 6.30. The maximum absolute atomic E-state index is 13.8. The van der Waals surface area contributed by atoms with Gasteiger partial charge < -0.3 is 4.90 Å². The SMILES string of the molecule is Cc1ccc(Cl)cc1N(Cc1ccc(C(=O)N(Cc2ccccc2)Cc2ccccc2)cc1)S(=O)(=O)c1ccccc1. The van der Waals surface area contributed by atoms with E-state index in [1.807, 2.05) is 84.6 Å². The molecule has 42 heavy (non-hydrogen) atoms. The van der Waals surface area contributed by atoms with Crippen LogP contribution in [0.5, 0.6) is 0 Å². The second-order valence-corrected chi connectivity index (χ2v) is 12.4. The summed E-state index contributed by atoms with van der Waals surface area (Å²) in [5, 5.41) is 0.446. The van der Waals surface area contributed by atoms with Crippen molar-refractivity contribution >= 4 is 33.2 Å². The Kier molecular flexibility index (Phi) is 9.06. The maximum atomic E-state index is 13.8. The number of rotatable bonds is 10. The maximum Gasteiger partial charge on any atom is 0.264 e. The van der Waals surface area contributed by atoms with Gasteiger partial charge >= 0.3 is 0 Å². The van der Waals surface area contributed by atoms with E-state index in [0.29, 0.717) is 29.4 Å². The summed E-state index contributed by atoms with van der Waals surface area (Å²) in [6, 6.07) is 40.5. The van der Waals surface area contributed by atoms with E-state index in [9.17, 15) is 13.2 Å². The Morgan fingerprint density at radius 2 is 1.14 bits per heavy atom. The van der Waals surface area contributed by atoms with Gasteiger partial charge in [-0.15, -0.1) is 0 Å². The summed E-state index contributed by atoms with van der Waals surface area (Å²) in [7, 11) is -3.90. The summed E-state index contributed by atoms with van der Waals surface area (Å²) < 4.78 is 29.0. The lowest BCUT2D eigenvalue weighted by Crippen LogP contribution is -2.31. The zero-order valence-electron chi connectivity index (χ0n) is 23.2. The minimum atomic E-state index is -3.90. The third-order valence-corrected chi connectivity index (χ3v) is 9.03. The van der Waals surface area contributed by atoms with Gasteiger partial charge in [-0.1, -0.05) is 109 Å². The van der Waals surface area contributed by atoms with Crippen LogP contribution in [0.15, 0.2) is 138 Å². The van der Waals surface area contributed by atoms with Crippen LogP contribution in [0, 0.1) is 6.92 Å². The first-order chi connectivity index (χ1) is 20.3. The van der Waals surface area contributed by atoms with Crippen molar-refractivity contribution in [2.45, 2.75) is 31.5 Å². The number of aryl methyl sites for hydroxylation is 1. The Labute approximate surface area is 252 Å². The fourth-order valence-corrected chi connectivity index (χ4v) is 6.48. The first kappa shape index (κ1) is 29.1. The molecule has 0 unspecified atom stereocenters. The van der Waals surface area contributed by atoms with E-state index in [2.05, 4.69) is 0 Å². The van der Waals surface area contributed by atoms with E-state index in [0.717, 1.165) is 22.3 Å².